The van der Waals surface area contributed by atoms with Gasteiger partial charge in [-0.05, 0) is 17.7 Å². The van der Waals surface area contributed by atoms with E-state index in [1.807, 2.05) is 16.7 Å². The highest BCUT2D eigenvalue weighted by atomic mass is 16.5. The van der Waals surface area contributed by atoms with Crippen LogP contribution in [0.5, 0.6) is 5.88 Å². The lowest BCUT2D eigenvalue weighted by Crippen LogP contribution is -2.02. The van der Waals surface area contributed by atoms with Gasteiger partial charge in [0.1, 0.15) is 0 Å². The lowest BCUT2D eigenvalue weighted by Gasteiger charge is -2.10. The molecule has 3 heterocycles. The van der Waals surface area contributed by atoms with E-state index in [0.29, 0.717) is 18.1 Å². The van der Waals surface area contributed by atoms with Gasteiger partial charge in [0, 0.05) is 42.5 Å². The number of ether oxygens (including phenoxy) is 1. The van der Waals surface area contributed by atoms with Gasteiger partial charge in [0.15, 0.2) is 0 Å². The molecule has 6 nitrogen and oxygen atoms in total. The van der Waals surface area contributed by atoms with Crippen LogP contribution < -0.4 is 10.5 Å². The third-order valence-corrected chi connectivity index (χ3v) is 3.20. The summed E-state index contributed by atoms with van der Waals surface area (Å²) in [6.07, 6.45) is 8.70. The summed E-state index contributed by atoms with van der Waals surface area (Å²) < 4.78 is 7.16. The monoisotopic (exact) mass is 281 g/mol. The van der Waals surface area contributed by atoms with Crippen molar-refractivity contribution in [3.8, 4) is 17.1 Å². The number of hydrogen-bond donors (Lipinski definition) is 1. The van der Waals surface area contributed by atoms with Crippen LogP contribution in [0.1, 0.15) is 5.56 Å². The molecular formula is C15H15N5O. The van der Waals surface area contributed by atoms with Gasteiger partial charge in [-0.1, -0.05) is 0 Å². The maximum atomic E-state index is 6.01. The molecule has 0 saturated heterocycles. The van der Waals surface area contributed by atoms with Crippen LogP contribution in [0.15, 0.2) is 49.3 Å². The van der Waals surface area contributed by atoms with Crippen molar-refractivity contribution < 1.29 is 4.74 Å². The van der Waals surface area contributed by atoms with Gasteiger partial charge in [-0.25, -0.2) is 9.97 Å². The van der Waals surface area contributed by atoms with Crippen LogP contribution in [0.4, 0.5) is 5.69 Å². The first kappa shape index (κ1) is 13.1. The van der Waals surface area contributed by atoms with Gasteiger partial charge in [0.25, 0.3) is 0 Å². The van der Waals surface area contributed by atoms with Crippen LogP contribution in [-0.4, -0.2) is 26.6 Å². The summed E-state index contributed by atoms with van der Waals surface area (Å²) in [6.45, 7) is 0.655. The molecule has 106 valence electrons. The van der Waals surface area contributed by atoms with E-state index in [1.165, 1.54) is 0 Å². The SMILES string of the molecule is COc1cc(Cn2cncc2-c2cnccc2N)ccn1. The fourth-order valence-corrected chi connectivity index (χ4v) is 2.15. The second-order valence-corrected chi connectivity index (χ2v) is 4.58. The quantitative estimate of drug-likeness (QED) is 0.791. The van der Waals surface area contributed by atoms with Crippen molar-refractivity contribution in [2.45, 2.75) is 6.54 Å². The lowest BCUT2D eigenvalue weighted by atomic mass is 10.2. The van der Waals surface area contributed by atoms with Crippen LogP contribution in [-0.2, 0) is 6.54 Å². The number of rotatable bonds is 4. The highest BCUT2D eigenvalue weighted by Crippen LogP contribution is 2.25. The zero-order valence-corrected chi connectivity index (χ0v) is 11.6. The van der Waals surface area contributed by atoms with Crippen LogP contribution in [0, 0.1) is 0 Å². The molecule has 3 aromatic rings. The molecule has 0 atom stereocenters. The van der Waals surface area contributed by atoms with E-state index in [9.17, 15) is 0 Å². The number of methoxy groups -OCH3 is 1. The Bertz CT molecular complexity index is 753. The smallest absolute Gasteiger partial charge is 0.213 e. The van der Waals surface area contributed by atoms with E-state index in [0.717, 1.165) is 16.8 Å². The van der Waals surface area contributed by atoms with Gasteiger partial charge in [-0.15, -0.1) is 0 Å². The molecule has 0 aliphatic carbocycles. The molecule has 21 heavy (non-hydrogen) atoms. The fraction of sp³-hybridized carbons (Fsp3) is 0.133. The van der Waals surface area contributed by atoms with E-state index >= 15 is 0 Å². The number of nitrogens with zero attached hydrogens (tertiary/aromatic N) is 4. The van der Waals surface area contributed by atoms with Crippen molar-refractivity contribution in [1.82, 2.24) is 19.5 Å². The molecule has 0 spiro atoms. The summed E-state index contributed by atoms with van der Waals surface area (Å²) in [7, 11) is 1.60. The largest absolute Gasteiger partial charge is 0.481 e. The standard InChI is InChI=1S/C15H15N5O/c1-21-15-6-11(2-5-19-15)9-20-10-18-8-14(20)12-7-17-4-3-13(12)16/h2-8,10H,9H2,1H3,(H2,16,17). The number of pyridine rings is 2. The Labute approximate surface area is 122 Å². The number of imidazole rings is 1. The first-order valence-electron chi connectivity index (χ1n) is 6.47. The van der Waals surface area contributed by atoms with Crippen LogP contribution in [0.2, 0.25) is 0 Å². The minimum absolute atomic E-state index is 0.593. The van der Waals surface area contributed by atoms with Gasteiger partial charge >= 0.3 is 0 Å². The topological polar surface area (TPSA) is 78.8 Å². The zero-order valence-electron chi connectivity index (χ0n) is 11.6. The Balaban J connectivity index is 1.94. The Morgan fingerprint density at radius 2 is 2.10 bits per heavy atom. The van der Waals surface area contributed by atoms with Gasteiger partial charge in [0.05, 0.1) is 25.3 Å². The van der Waals surface area contributed by atoms with Crippen molar-refractivity contribution in [3.05, 3.63) is 54.9 Å². The molecule has 0 aliphatic rings. The molecule has 0 amide bonds. The number of aromatic nitrogens is 4. The van der Waals surface area contributed by atoms with E-state index in [1.54, 1.807) is 44.3 Å². The van der Waals surface area contributed by atoms with E-state index in [-0.39, 0.29) is 0 Å². The Morgan fingerprint density at radius 3 is 2.90 bits per heavy atom. The summed E-state index contributed by atoms with van der Waals surface area (Å²) >= 11 is 0. The molecular weight excluding hydrogens is 266 g/mol. The number of nitrogen functional groups attached to an aromatic ring is 1. The average molecular weight is 281 g/mol. The van der Waals surface area contributed by atoms with Gasteiger partial charge in [-0.2, -0.15) is 0 Å². The second-order valence-electron chi connectivity index (χ2n) is 4.58. The Kier molecular flexibility index (Phi) is 3.51. The molecule has 3 rings (SSSR count). The molecule has 6 heteroatoms. The molecule has 3 aromatic heterocycles. The van der Waals surface area contributed by atoms with E-state index in [4.69, 9.17) is 10.5 Å². The number of hydrogen-bond acceptors (Lipinski definition) is 5. The van der Waals surface area contributed by atoms with Gasteiger partial charge < -0.3 is 15.0 Å². The minimum Gasteiger partial charge on any atom is -0.481 e. The second kappa shape index (κ2) is 5.62. The van der Waals surface area contributed by atoms with Crippen molar-refractivity contribution in [3.63, 3.8) is 0 Å². The molecule has 0 aliphatic heterocycles. The van der Waals surface area contributed by atoms with Crippen LogP contribution >= 0.6 is 0 Å². The highest BCUT2D eigenvalue weighted by molar-refractivity contribution is 5.72. The van der Waals surface area contributed by atoms with E-state index < -0.39 is 0 Å². The summed E-state index contributed by atoms with van der Waals surface area (Å²) in [6, 6.07) is 5.62. The average Bonchev–Trinajstić information content (AvgIpc) is 2.96. The molecule has 0 fully saturated rings. The maximum Gasteiger partial charge on any atom is 0.213 e. The predicted octanol–water partition coefficient (Wildman–Crippen LogP) is 1.98. The summed E-state index contributed by atoms with van der Waals surface area (Å²) in [4.78, 5) is 12.4. The third kappa shape index (κ3) is 2.69. The summed E-state index contributed by atoms with van der Waals surface area (Å²) in [5.41, 5.74) is 9.56. The minimum atomic E-state index is 0.593. The van der Waals surface area contributed by atoms with Crippen LogP contribution in [0.25, 0.3) is 11.3 Å². The fourth-order valence-electron chi connectivity index (χ4n) is 2.15. The maximum absolute atomic E-state index is 6.01. The van der Waals surface area contributed by atoms with Gasteiger partial charge in [-0.3, -0.25) is 4.98 Å². The Hall–Kier alpha value is -2.89. The first-order chi connectivity index (χ1) is 10.3. The predicted molar refractivity (Wildman–Crippen MR) is 79.8 cm³/mol. The van der Waals surface area contributed by atoms with Gasteiger partial charge in [0.2, 0.25) is 5.88 Å². The summed E-state index contributed by atoms with van der Waals surface area (Å²) in [5.74, 6) is 0.593. The molecule has 0 bridgehead atoms. The Morgan fingerprint density at radius 1 is 1.19 bits per heavy atom. The van der Waals surface area contributed by atoms with Crippen molar-refractivity contribution in [2.75, 3.05) is 12.8 Å². The third-order valence-electron chi connectivity index (χ3n) is 3.20. The molecule has 0 aromatic carbocycles. The highest BCUT2D eigenvalue weighted by Gasteiger charge is 2.09. The summed E-state index contributed by atoms with van der Waals surface area (Å²) in [5, 5.41) is 0. The molecule has 0 radical (unpaired) electrons. The van der Waals surface area contributed by atoms with Crippen molar-refractivity contribution >= 4 is 5.69 Å². The van der Waals surface area contributed by atoms with E-state index in [2.05, 4.69) is 15.0 Å². The molecule has 0 saturated carbocycles. The van der Waals surface area contributed by atoms with Crippen LogP contribution in [0.3, 0.4) is 0 Å². The van der Waals surface area contributed by atoms with Crippen molar-refractivity contribution in [1.29, 1.82) is 0 Å². The lowest BCUT2D eigenvalue weighted by molar-refractivity contribution is 0.397. The normalized spacial score (nSPS) is 10.5. The van der Waals surface area contributed by atoms with Crippen molar-refractivity contribution in [2.24, 2.45) is 0 Å². The molecule has 0 unspecified atom stereocenters. The number of anilines is 1. The molecule has 2 N–H and O–H groups in total. The number of nitrogens with two attached hydrogens (primary N) is 1. The first-order valence-corrected chi connectivity index (χ1v) is 6.47. The zero-order chi connectivity index (χ0) is 14.7.